The van der Waals surface area contributed by atoms with Crippen LogP contribution in [-0.4, -0.2) is 30.9 Å². The van der Waals surface area contributed by atoms with Gasteiger partial charge in [0.1, 0.15) is 0 Å². The Morgan fingerprint density at radius 2 is 2.06 bits per heavy atom. The second kappa shape index (κ2) is 7.04. The monoisotopic (exact) mass is 248 g/mol. The summed E-state index contributed by atoms with van der Waals surface area (Å²) in [5.74, 6) is 0.136. The second-order valence-corrected chi connectivity index (χ2v) is 4.52. The maximum absolute atomic E-state index is 12.3. The topological polar surface area (TPSA) is 32.3 Å². The number of hydrogen-bond donors (Lipinski definition) is 1. The van der Waals surface area contributed by atoms with E-state index in [0.717, 1.165) is 42.7 Å². The number of carbonyl (C=O) groups is 1. The van der Waals surface area contributed by atoms with Crippen molar-refractivity contribution in [1.29, 1.82) is 0 Å². The molecule has 0 aliphatic carbocycles. The summed E-state index contributed by atoms with van der Waals surface area (Å²) in [7, 11) is 1.89. The maximum Gasteiger partial charge on any atom is 0.253 e. The first-order valence-corrected chi connectivity index (χ1v) is 6.71. The molecule has 0 aromatic heterocycles. The molecule has 0 saturated heterocycles. The van der Waals surface area contributed by atoms with Crippen molar-refractivity contribution >= 4 is 11.6 Å². The highest BCUT2D eigenvalue weighted by atomic mass is 16.2. The molecule has 0 unspecified atom stereocenters. The molecule has 0 aliphatic rings. The van der Waals surface area contributed by atoms with Crippen molar-refractivity contribution in [1.82, 2.24) is 4.90 Å². The highest BCUT2D eigenvalue weighted by Gasteiger charge is 2.14. The number of hydrogen-bond acceptors (Lipinski definition) is 2. The van der Waals surface area contributed by atoms with E-state index < -0.39 is 0 Å². The molecule has 0 atom stereocenters. The molecule has 1 rings (SSSR count). The van der Waals surface area contributed by atoms with E-state index in [1.165, 1.54) is 0 Å². The number of nitrogens with one attached hydrogen (secondary N) is 1. The summed E-state index contributed by atoms with van der Waals surface area (Å²) in [6, 6.07) is 5.83. The fraction of sp³-hybridized carbons (Fsp3) is 0.533. The van der Waals surface area contributed by atoms with Crippen LogP contribution in [0.3, 0.4) is 0 Å². The highest BCUT2D eigenvalue weighted by Crippen LogP contribution is 2.17. The fourth-order valence-electron chi connectivity index (χ4n) is 2.01. The molecule has 0 aliphatic heterocycles. The molecule has 0 radical (unpaired) electrons. The number of unbranched alkanes of at least 4 members (excludes halogenated alkanes) is 1. The number of nitrogens with zero attached hydrogens (tertiary/aromatic N) is 1. The van der Waals surface area contributed by atoms with Crippen LogP contribution in [0.1, 0.15) is 42.6 Å². The summed E-state index contributed by atoms with van der Waals surface area (Å²) < 4.78 is 0. The third kappa shape index (κ3) is 3.49. The van der Waals surface area contributed by atoms with Crippen LogP contribution in [0.4, 0.5) is 5.69 Å². The summed E-state index contributed by atoms with van der Waals surface area (Å²) in [6.07, 6.45) is 2.18. The Bertz CT molecular complexity index is 401. The van der Waals surface area contributed by atoms with E-state index >= 15 is 0 Å². The average Bonchev–Trinajstić information content (AvgIpc) is 2.39. The Kier molecular flexibility index (Phi) is 5.69. The van der Waals surface area contributed by atoms with Crippen LogP contribution in [-0.2, 0) is 0 Å². The van der Waals surface area contributed by atoms with Crippen LogP contribution >= 0.6 is 0 Å². The van der Waals surface area contributed by atoms with Crippen LogP contribution in [0, 0.1) is 6.92 Å². The number of anilines is 1. The first-order chi connectivity index (χ1) is 8.63. The lowest BCUT2D eigenvalue weighted by molar-refractivity contribution is 0.0762. The smallest absolute Gasteiger partial charge is 0.253 e. The number of carbonyl (C=O) groups excluding carboxylic acids is 1. The summed E-state index contributed by atoms with van der Waals surface area (Å²) in [4.78, 5) is 14.3. The van der Waals surface area contributed by atoms with Crippen molar-refractivity contribution in [2.75, 3.05) is 25.5 Å². The minimum atomic E-state index is 0.136. The minimum absolute atomic E-state index is 0.136. The normalized spacial score (nSPS) is 10.2. The van der Waals surface area contributed by atoms with E-state index in [-0.39, 0.29) is 5.91 Å². The van der Waals surface area contributed by atoms with Gasteiger partial charge in [-0.05, 0) is 44.0 Å². The van der Waals surface area contributed by atoms with Gasteiger partial charge >= 0.3 is 0 Å². The molecule has 1 amide bonds. The van der Waals surface area contributed by atoms with Gasteiger partial charge in [-0.15, -0.1) is 0 Å². The van der Waals surface area contributed by atoms with Gasteiger partial charge in [0.2, 0.25) is 0 Å². The molecule has 0 saturated carbocycles. The second-order valence-electron chi connectivity index (χ2n) is 4.52. The summed E-state index contributed by atoms with van der Waals surface area (Å²) >= 11 is 0. The highest BCUT2D eigenvalue weighted by molar-refractivity contribution is 5.94. The zero-order valence-corrected chi connectivity index (χ0v) is 11.9. The lowest BCUT2D eigenvalue weighted by Gasteiger charge is -2.21. The van der Waals surface area contributed by atoms with Gasteiger partial charge in [0.25, 0.3) is 5.91 Å². The molecule has 0 spiro atoms. The van der Waals surface area contributed by atoms with Crippen molar-refractivity contribution in [3.8, 4) is 0 Å². The first-order valence-electron chi connectivity index (χ1n) is 6.71. The molecule has 18 heavy (non-hydrogen) atoms. The summed E-state index contributed by atoms with van der Waals surface area (Å²) in [6.45, 7) is 7.81. The van der Waals surface area contributed by atoms with Crippen molar-refractivity contribution in [2.45, 2.75) is 33.6 Å². The SMILES string of the molecule is CCCCN(CC)C(=O)c1ccc(NC)c(C)c1. The molecular formula is C15H24N2O. The quantitative estimate of drug-likeness (QED) is 0.837. The third-order valence-electron chi connectivity index (χ3n) is 3.19. The van der Waals surface area contributed by atoms with E-state index in [4.69, 9.17) is 0 Å². The molecule has 0 heterocycles. The predicted octanol–water partition coefficient (Wildman–Crippen LogP) is 3.30. The van der Waals surface area contributed by atoms with Crippen molar-refractivity contribution < 1.29 is 4.79 Å². The Morgan fingerprint density at radius 3 is 2.56 bits per heavy atom. The van der Waals surface area contributed by atoms with E-state index in [9.17, 15) is 4.79 Å². The van der Waals surface area contributed by atoms with Crippen LogP contribution in [0.25, 0.3) is 0 Å². The molecule has 1 aromatic rings. The van der Waals surface area contributed by atoms with Gasteiger partial charge in [-0.25, -0.2) is 0 Å². The number of rotatable bonds is 6. The van der Waals surface area contributed by atoms with Gasteiger partial charge in [-0.1, -0.05) is 13.3 Å². The summed E-state index contributed by atoms with van der Waals surface area (Å²) in [5, 5.41) is 3.11. The van der Waals surface area contributed by atoms with Crippen LogP contribution < -0.4 is 5.32 Å². The Morgan fingerprint density at radius 1 is 1.33 bits per heavy atom. The minimum Gasteiger partial charge on any atom is -0.388 e. The predicted molar refractivity (Wildman–Crippen MR) is 77.2 cm³/mol. The molecule has 1 N–H and O–H groups in total. The molecule has 3 heteroatoms. The van der Waals surface area contributed by atoms with Gasteiger partial charge in [-0.2, -0.15) is 0 Å². The standard InChI is InChI=1S/C15H24N2O/c1-5-7-10-17(6-2)15(18)13-8-9-14(16-4)12(3)11-13/h8-9,11,16H,5-7,10H2,1-4H3. The van der Waals surface area contributed by atoms with Crippen LogP contribution in [0.2, 0.25) is 0 Å². The van der Waals surface area contributed by atoms with Gasteiger partial charge in [0, 0.05) is 31.4 Å². The lowest BCUT2D eigenvalue weighted by Crippen LogP contribution is -2.31. The molecule has 1 aromatic carbocycles. The van der Waals surface area contributed by atoms with Gasteiger partial charge < -0.3 is 10.2 Å². The van der Waals surface area contributed by atoms with Gasteiger partial charge in [0.15, 0.2) is 0 Å². The average molecular weight is 248 g/mol. The molecule has 0 bridgehead atoms. The number of amides is 1. The number of aryl methyl sites for hydroxylation is 1. The third-order valence-corrected chi connectivity index (χ3v) is 3.19. The van der Waals surface area contributed by atoms with E-state index in [1.54, 1.807) is 0 Å². The van der Waals surface area contributed by atoms with Crippen molar-refractivity contribution in [3.63, 3.8) is 0 Å². The zero-order valence-electron chi connectivity index (χ0n) is 11.9. The lowest BCUT2D eigenvalue weighted by atomic mass is 10.1. The Balaban J connectivity index is 2.84. The van der Waals surface area contributed by atoms with Gasteiger partial charge in [0.05, 0.1) is 0 Å². The van der Waals surface area contributed by atoms with Gasteiger partial charge in [-0.3, -0.25) is 4.79 Å². The molecular weight excluding hydrogens is 224 g/mol. The molecule has 3 nitrogen and oxygen atoms in total. The number of benzene rings is 1. The van der Waals surface area contributed by atoms with Crippen molar-refractivity contribution in [3.05, 3.63) is 29.3 Å². The van der Waals surface area contributed by atoms with Crippen molar-refractivity contribution in [2.24, 2.45) is 0 Å². The zero-order chi connectivity index (χ0) is 13.5. The Hall–Kier alpha value is -1.51. The molecule has 0 fully saturated rings. The van der Waals surface area contributed by atoms with E-state index in [1.807, 2.05) is 44.0 Å². The largest absolute Gasteiger partial charge is 0.388 e. The van der Waals surface area contributed by atoms with Crippen LogP contribution in [0.15, 0.2) is 18.2 Å². The van der Waals surface area contributed by atoms with E-state index in [0.29, 0.717) is 0 Å². The van der Waals surface area contributed by atoms with Crippen LogP contribution in [0.5, 0.6) is 0 Å². The Labute approximate surface area is 110 Å². The maximum atomic E-state index is 12.3. The fourth-order valence-corrected chi connectivity index (χ4v) is 2.01. The van der Waals surface area contributed by atoms with E-state index in [2.05, 4.69) is 12.2 Å². The molecule has 100 valence electrons. The summed E-state index contributed by atoms with van der Waals surface area (Å²) in [5.41, 5.74) is 2.96. The first kappa shape index (κ1) is 14.6.